The number of piperidine rings is 1. The third-order valence-corrected chi connectivity index (χ3v) is 5.87. The number of hydrogen-bond donors (Lipinski definition) is 1. The number of hydrogen-bond acceptors (Lipinski definition) is 5. The van der Waals surface area contributed by atoms with E-state index in [0.29, 0.717) is 13.1 Å². The molecule has 1 aromatic carbocycles. The van der Waals surface area contributed by atoms with Crippen molar-refractivity contribution in [2.45, 2.75) is 39.2 Å². The number of rotatable bonds is 5. The Bertz CT molecular complexity index is 834. The van der Waals surface area contributed by atoms with E-state index >= 15 is 0 Å². The lowest BCUT2D eigenvalue weighted by Gasteiger charge is -2.32. The molecular formula is C20H25N3O3S. The zero-order valence-electron chi connectivity index (χ0n) is 15.9. The number of nitrogens with one attached hydrogen (secondary N) is 1. The third kappa shape index (κ3) is 4.66. The van der Waals surface area contributed by atoms with E-state index in [2.05, 4.69) is 10.3 Å². The first-order valence-electron chi connectivity index (χ1n) is 9.10. The minimum atomic E-state index is -0.0613. The predicted octanol–water partition coefficient (Wildman–Crippen LogP) is 3.12. The van der Waals surface area contributed by atoms with Gasteiger partial charge in [0.25, 0.3) is 5.91 Å². The van der Waals surface area contributed by atoms with Crippen LogP contribution in [0.5, 0.6) is 5.75 Å². The Hall–Kier alpha value is -2.41. The maximum absolute atomic E-state index is 13.0. The van der Waals surface area contributed by atoms with Crippen LogP contribution in [0.15, 0.2) is 23.6 Å². The molecule has 3 rings (SSSR count). The van der Waals surface area contributed by atoms with E-state index < -0.39 is 0 Å². The van der Waals surface area contributed by atoms with Crippen LogP contribution in [-0.4, -0.2) is 41.9 Å². The summed E-state index contributed by atoms with van der Waals surface area (Å²) in [6.45, 7) is 5.33. The highest BCUT2D eigenvalue weighted by Crippen LogP contribution is 2.30. The van der Waals surface area contributed by atoms with Gasteiger partial charge in [0.1, 0.15) is 5.75 Å². The number of methoxy groups -OCH3 is 1. The maximum atomic E-state index is 13.0. The summed E-state index contributed by atoms with van der Waals surface area (Å²) in [5.41, 5.74) is 2.52. The molecule has 2 heterocycles. The Balaban J connectivity index is 1.69. The number of aryl methyl sites for hydroxylation is 1. The van der Waals surface area contributed by atoms with Crippen LogP contribution >= 0.6 is 11.3 Å². The second-order valence-corrected chi connectivity index (χ2v) is 7.75. The van der Waals surface area contributed by atoms with Crippen LogP contribution < -0.4 is 10.1 Å². The highest BCUT2D eigenvalue weighted by Gasteiger charge is 2.28. The third-order valence-electron chi connectivity index (χ3n) is 4.81. The van der Waals surface area contributed by atoms with E-state index in [1.807, 2.05) is 35.4 Å². The summed E-state index contributed by atoms with van der Waals surface area (Å²) in [4.78, 5) is 30.6. The van der Waals surface area contributed by atoms with E-state index in [-0.39, 0.29) is 17.7 Å². The Morgan fingerprint density at radius 3 is 2.93 bits per heavy atom. The largest absolute Gasteiger partial charge is 0.497 e. The van der Waals surface area contributed by atoms with Gasteiger partial charge < -0.3 is 15.0 Å². The maximum Gasteiger partial charge on any atom is 0.254 e. The molecule has 7 heteroatoms. The molecule has 1 aliphatic heterocycles. The van der Waals surface area contributed by atoms with Crippen LogP contribution in [0.2, 0.25) is 0 Å². The molecule has 1 atom stereocenters. The van der Waals surface area contributed by atoms with Gasteiger partial charge in [0, 0.05) is 36.9 Å². The van der Waals surface area contributed by atoms with Gasteiger partial charge in [-0.05, 0) is 43.5 Å². The number of carbonyl (C=O) groups is 2. The molecule has 0 spiro atoms. The lowest BCUT2D eigenvalue weighted by Crippen LogP contribution is -2.39. The van der Waals surface area contributed by atoms with Crippen LogP contribution in [0, 0.1) is 6.92 Å². The molecule has 0 aliphatic carbocycles. The van der Waals surface area contributed by atoms with E-state index in [1.165, 1.54) is 6.92 Å². The lowest BCUT2D eigenvalue weighted by molar-refractivity contribution is -0.119. The van der Waals surface area contributed by atoms with Gasteiger partial charge in [-0.2, -0.15) is 0 Å². The first kappa shape index (κ1) is 19.4. The second kappa shape index (κ2) is 8.52. The van der Waals surface area contributed by atoms with Gasteiger partial charge in [0.2, 0.25) is 5.91 Å². The zero-order chi connectivity index (χ0) is 19.4. The fourth-order valence-corrected chi connectivity index (χ4v) is 4.29. The van der Waals surface area contributed by atoms with E-state index in [0.717, 1.165) is 47.0 Å². The summed E-state index contributed by atoms with van der Waals surface area (Å²) in [7, 11) is 1.62. The molecule has 0 saturated carbocycles. The number of nitrogens with zero attached hydrogens (tertiary/aromatic N) is 2. The lowest BCUT2D eigenvalue weighted by atomic mass is 9.97. The second-order valence-electron chi connectivity index (χ2n) is 6.86. The molecule has 1 saturated heterocycles. The molecule has 27 heavy (non-hydrogen) atoms. The summed E-state index contributed by atoms with van der Waals surface area (Å²) in [5.74, 6) is 1.01. The molecule has 2 aromatic rings. The number of ether oxygens (including phenoxy) is 1. The number of amides is 2. The molecule has 1 N–H and O–H groups in total. The Morgan fingerprint density at radius 2 is 2.22 bits per heavy atom. The standard InChI is InChI=1S/C20H25N3O3S/c1-13-9-17(26-3)6-7-18(13)20(25)23-8-4-5-15(11-23)19-22-16(12-27-19)10-21-14(2)24/h6-7,9,12,15H,4-5,8,10-11H2,1-3H3,(H,21,24)/t15-/m1/s1. The van der Waals surface area contributed by atoms with Crippen molar-refractivity contribution in [3.63, 3.8) is 0 Å². The normalized spacial score (nSPS) is 16.9. The summed E-state index contributed by atoms with van der Waals surface area (Å²) in [6, 6.07) is 5.57. The highest BCUT2D eigenvalue weighted by atomic mass is 32.1. The first-order chi connectivity index (χ1) is 13.0. The van der Waals surface area contributed by atoms with Gasteiger partial charge in [0.15, 0.2) is 0 Å². The molecule has 0 bridgehead atoms. The van der Waals surface area contributed by atoms with E-state index in [1.54, 1.807) is 18.4 Å². The summed E-state index contributed by atoms with van der Waals surface area (Å²) in [5, 5.41) is 5.80. The van der Waals surface area contributed by atoms with Crippen molar-refractivity contribution in [1.29, 1.82) is 0 Å². The predicted molar refractivity (Wildman–Crippen MR) is 105 cm³/mol. The molecule has 144 valence electrons. The quantitative estimate of drug-likeness (QED) is 0.856. The van der Waals surface area contributed by atoms with Crippen LogP contribution in [0.1, 0.15) is 52.3 Å². The fraction of sp³-hybridized carbons (Fsp3) is 0.450. The molecule has 0 radical (unpaired) electrons. The van der Waals surface area contributed by atoms with Crippen molar-refractivity contribution in [2.24, 2.45) is 0 Å². The molecule has 1 fully saturated rings. The summed E-state index contributed by atoms with van der Waals surface area (Å²) in [6.07, 6.45) is 1.99. The number of carbonyl (C=O) groups excluding carboxylic acids is 2. The average Bonchev–Trinajstić information content (AvgIpc) is 3.15. The van der Waals surface area contributed by atoms with Crippen molar-refractivity contribution in [3.8, 4) is 5.75 Å². The fourth-order valence-electron chi connectivity index (χ4n) is 3.34. The van der Waals surface area contributed by atoms with Crippen LogP contribution in [0.25, 0.3) is 0 Å². The molecule has 1 aromatic heterocycles. The van der Waals surface area contributed by atoms with Gasteiger partial charge in [-0.15, -0.1) is 11.3 Å². The van der Waals surface area contributed by atoms with Gasteiger partial charge in [0.05, 0.1) is 24.4 Å². The van der Waals surface area contributed by atoms with Crippen LogP contribution in [0.4, 0.5) is 0 Å². The Kier molecular flexibility index (Phi) is 6.11. The number of benzene rings is 1. The summed E-state index contributed by atoms with van der Waals surface area (Å²) >= 11 is 1.61. The van der Waals surface area contributed by atoms with Crippen molar-refractivity contribution >= 4 is 23.2 Å². The summed E-state index contributed by atoms with van der Waals surface area (Å²) < 4.78 is 5.23. The number of thiazole rings is 1. The minimum absolute atomic E-state index is 0.0613. The van der Waals surface area contributed by atoms with E-state index in [4.69, 9.17) is 4.74 Å². The Morgan fingerprint density at radius 1 is 1.41 bits per heavy atom. The van der Waals surface area contributed by atoms with Crippen LogP contribution in [0.3, 0.4) is 0 Å². The van der Waals surface area contributed by atoms with E-state index in [9.17, 15) is 9.59 Å². The topological polar surface area (TPSA) is 71.5 Å². The molecule has 1 aliphatic rings. The van der Waals surface area contributed by atoms with Gasteiger partial charge in [-0.3, -0.25) is 9.59 Å². The van der Waals surface area contributed by atoms with Crippen molar-refractivity contribution in [2.75, 3.05) is 20.2 Å². The van der Waals surface area contributed by atoms with Gasteiger partial charge in [-0.25, -0.2) is 4.98 Å². The first-order valence-corrected chi connectivity index (χ1v) is 9.98. The minimum Gasteiger partial charge on any atom is -0.497 e. The van der Waals surface area contributed by atoms with Crippen molar-refractivity contribution in [1.82, 2.24) is 15.2 Å². The monoisotopic (exact) mass is 387 g/mol. The number of likely N-dealkylation sites (tertiary alicyclic amines) is 1. The van der Waals surface area contributed by atoms with Crippen molar-refractivity contribution in [3.05, 3.63) is 45.4 Å². The molecule has 0 unspecified atom stereocenters. The highest BCUT2D eigenvalue weighted by molar-refractivity contribution is 7.09. The smallest absolute Gasteiger partial charge is 0.254 e. The SMILES string of the molecule is COc1ccc(C(=O)N2CCC[C@@H](c3nc(CNC(C)=O)cs3)C2)c(C)c1. The molecule has 6 nitrogen and oxygen atoms in total. The van der Waals surface area contributed by atoms with Gasteiger partial charge >= 0.3 is 0 Å². The molecular weight excluding hydrogens is 362 g/mol. The Labute approximate surface area is 163 Å². The zero-order valence-corrected chi connectivity index (χ0v) is 16.8. The van der Waals surface area contributed by atoms with Gasteiger partial charge in [-0.1, -0.05) is 0 Å². The molecule has 2 amide bonds. The average molecular weight is 388 g/mol. The van der Waals surface area contributed by atoms with Crippen LogP contribution in [-0.2, 0) is 11.3 Å². The number of aromatic nitrogens is 1. The van der Waals surface area contributed by atoms with Crippen molar-refractivity contribution < 1.29 is 14.3 Å².